The molecule has 2 N–H and O–H groups in total. The summed E-state index contributed by atoms with van der Waals surface area (Å²) in [6.45, 7) is 6.28. The molecule has 2 rings (SSSR count). The van der Waals surface area contributed by atoms with Crippen molar-refractivity contribution in [1.82, 2.24) is 15.1 Å². The fraction of sp³-hybridized carbons (Fsp3) is 0.412. The Labute approximate surface area is 131 Å². The van der Waals surface area contributed by atoms with Gasteiger partial charge in [0.15, 0.2) is 0 Å². The summed E-state index contributed by atoms with van der Waals surface area (Å²) < 4.78 is 1.78. The molecule has 1 heterocycles. The first-order valence-corrected chi connectivity index (χ1v) is 7.61. The summed E-state index contributed by atoms with van der Waals surface area (Å²) in [6.07, 6.45) is 2.48. The minimum atomic E-state index is -0.365. The predicted molar refractivity (Wildman–Crippen MR) is 86.3 cm³/mol. The molecule has 5 heteroatoms. The summed E-state index contributed by atoms with van der Waals surface area (Å²) in [7, 11) is 0. The number of hydrogen-bond donors (Lipinski definition) is 2. The standard InChI is InChI=1S/C17H23N3O2/c1-4-14(21)9-10-18-17(22)15-11-19-20(13(15)3)16-8-6-5-7-12(16)2/h5-8,11,14,21H,4,9-10H2,1-3H3,(H,18,22). The van der Waals surface area contributed by atoms with Crippen molar-refractivity contribution in [2.45, 2.75) is 39.7 Å². The number of aryl methyl sites for hydroxylation is 1. The summed E-state index contributed by atoms with van der Waals surface area (Å²) in [6, 6.07) is 7.93. The number of nitrogens with one attached hydrogen (secondary N) is 1. The van der Waals surface area contributed by atoms with Gasteiger partial charge in [0.05, 0.1) is 29.2 Å². The molecule has 0 aliphatic heterocycles. The second kappa shape index (κ2) is 7.22. The third kappa shape index (κ3) is 3.54. The second-order valence-corrected chi connectivity index (χ2v) is 5.45. The number of amides is 1. The highest BCUT2D eigenvalue weighted by molar-refractivity contribution is 5.95. The Morgan fingerprint density at radius 1 is 1.36 bits per heavy atom. The van der Waals surface area contributed by atoms with E-state index >= 15 is 0 Å². The Bertz CT molecular complexity index is 649. The number of aliphatic hydroxyl groups excluding tert-OH is 1. The first-order chi connectivity index (χ1) is 10.5. The fourth-order valence-corrected chi connectivity index (χ4v) is 2.33. The molecule has 1 aromatic heterocycles. The number of aromatic nitrogens is 2. The van der Waals surface area contributed by atoms with Crippen LogP contribution < -0.4 is 5.32 Å². The van der Waals surface area contributed by atoms with Gasteiger partial charge in [0.25, 0.3) is 5.91 Å². The zero-order chi connectivity index (χ0) is 16.1. The fourth-order valence-electron chi connectivity index (χ4n) is 2.33. The zero-order valence-corrected chi connectivity index (χ0v) is 13.3. The first-order valence-electron chi connectivity index (χ1n) is 7.61. The lowest BCUT2D eigenvalue weighted by atomic mass is 10.2. The van der Waals surface area contributed by atoms with Crippen molar-refractivity contribution in [3.8, 4) is 5.69 Å². The van der Waals surface area contributed by atoms with Crippen molar-refractivity contribution >= 4 is 5.91 Å². The lowest BCUT2D eigenvalue weighted by Crippen LogP contribution is -2.27. The second-order valence-electron chi connectivity index (χ2n) is 5.45. The Kier molecular flexibility index (Phi) is 5.33. The van der Waals surface area contributed by atoms with Gasteiger partial charge in [-0.25, -0.2) is 4.68 Å². The lowest BCUT2D eigenvalue weighted by molar-refractivity contribution is 0.0941. The third-order valence-electron chi connectivity index (χ3n) is 3.83. The highest BCUT2D eigenvalue weighted by Crippen LogP contribution is 2.17. The van der Waals surface area contributed by atoms with Crippen LogP contribution in [0, 0.1) is 13.8 Å². The van der Waals surface area contributed by atoms with Gasteiger partial charge in [-0.2, -0.15) is 5.10 Å². The van der Waals surface area contributed by atoms with Gasteiger partial charge in [-0.15, -0.1) is 0 Å². The molecule has 0 spiro atoms. The van der Waals surface area contributed by atoms with Gasteiger partial charge >= 0.3 is 0 Å². The van der Waals surface area contributed by atoms with Crippen molar-refractivity contribution in [2.75, 3.05) is 6.54 Å². The molecule has 1 atom stereocenters. The summed E-state index contributed by atoms with van der Waals surface area (Å²) in [5, 5.41) is 16.7. The van der Waals surface area contributed by atoms with E-state index in [4.69, 9.17) is 0 Å². The molecule has 0 bridgehead atoms. The van der Waals surface area contributed by atoms with E-state index in [0.29, 0.717) is 24.9 Å². The third-order valence-corrected chi connectivity index (χ3v) is 3.83. The molecular weight excluding hydrogens is 278 g/mol. The van der Waals surface area contributed by atoms with Crippen LogP contribution in [0.3, 0.4) is 0 Å². The highest BCUT2D eigenvalue weighted by Gasteiger charge is 2.15. The molecule has 118 valence electrons. The van der Waals surface area contributed by atoms with E-state index in [9.17, 15) is 9.90 Å². The van der Waals surface area contributed by atoms with Crippen molar-refractivity contribution in [3.05, 3.63) is 47.3 Å². The highest BCUT2D eigenvalue weighted by atomic mass is 16.3. The maximum absolute atomic E-state index is 12.2. The minimum Gasteiger partial charge on any atom is -0.393 e. The summed E-state index contributed by atoms with van der Waals surface area (Å²) in [4.78, 5) is 12.2. The predicted octanol–water partition coefficient (Wildman–Crippen LogP) is 2.38. The number of hydrogen-bond acceptors (Lipinski definition) is 3. The molecule has 2 aromatic rings. The van der Waals surface area contributed by atoms with Crippen LogP contribution in [0.4, 0.5) is 0 Å². The van der Waals surface area contributed by atoms with E-state index in [0.717, 1.165) is 16.9 Å². The molecule has 5 nitrogen and oxygen atoms in total. The summed E-state index contributed by atoms with van der Waals surface area (Å²) >= 11 is 0. The van der Waals surface area contributed by atoms with Crippen LogP contribution in [-0.2, 0) is 0 Å². The van der Waals surface area contributed by atoms with E-state index in [-0.39, 0.29) is 12.0 Å². The number of carbonyl (C=O) groups excluding carboxylic acids is 1. The average Bonchev–Trinajstić information content (AvgIpc) is 2.89. The minimum absolute atomic E-state index is 0.152. The van der Waals surface area contributed by atoms with Crippen LogP contribution in [0.1, 0.15) is 41.4 Å². The van der Waals surface area contributed by atoms with Crippen molar-refractivity contribution in [3.63, 3.8) is 0 Å². The molecule has 0 saturated heterocycles. The number of aliphatic hydroxyl groups is 1. The number of carbonyl (C=O) groups is 1. The molecular formula is C17H23N3O2. The SMILES string of the molecule is CCC(O)CCNC(=O)c1cnn(-c2ccccc2C)c1C. The quantitative estimate of drug-likeness (QED) is 0.861. The Morgan fingerprint density at radius 3 is 2.77 bits per heavy atom. The van der Waals surface area contributed by atoms with E-state index in [2.05, 4.69) is 10.4 Å². The Balaban J connectivity index is 2.11. The Morgan fingerprint density at radius 2 is 2.09 bits per heavy atom. The molecule has 0 fully saturated rings. The van der Waals surface area contributed by atoms with Crippen LogP contribution in [-0.4, -0.2) is 33.4 Å². The number of rotatable bonds is 6. The van der Waals surface area contributed by atoms with E-state index in [1.807, 2.05) is 45.0 Å². The number of nitrogens with zero attached hydrogens (tertiary/aromatic N) is 2. The molecule has 1 unspecified atom stereocenters. The normalized spacial score (nSPS) is 12.2. The monoisotopic (exact) mass is 301 g/mol. The van der Waals surface area contributed by atoms with Crippen LogP contribution >= 0.6 is 0 Å². The first kappa shape index (κ1) is 16.2. The number of para-hydroxylation sites is 1. The summed E-state index contributed by atoms with van der Waals surface area (Å²) in [5.41, 5.74) is 3.45. The lowest BCUT2D eigenvalue weighted by Gasteiger charge is -2.10. The summed E-state index contributed by atoms with van der Waals surface area (Å²) in [5.74, 6) is -0.152. The Hall–Kier alpha value is -2.14. The van der Waals surface area contributed by atoms with Crippen molar-refractivity contribution < 1.29 is 9.90 Å². The van der Waals surface area contributed by atoms with Gasteiger partial charge in [-0.3, -0.25) is 4.79 Å². The smallest absolute Gasteiger partial charge is 0.254 e. The van der Waals surface area contributed by atoms with E-state index < -0.39 is 0 Å². The van der Waals surface area contributed by atoms with Crippen LogP contribution in [0.25, 0.3) is 5.69 Å². The molecule has 0 saturated carbocycles. The molecule has 0 aliphatic rings. The van der Waals surface area contributed by atoms with Crippen molar-refractivity contribution in [2.24, 2.45) is 0 Å². The van der Waals surface area contributed by atoms with Gasteiger partial charge in [0.2, 0.25) is 0 Å². The van der Waals surface area contributed by atoms with Gasteiger partial charge in [0, 0.05) is 6.54 Å². The average molecular weight is 301 g/mol. The van der Waals surface area contributed by atoms with Gasteiger partial charge in [0.1, 0.15) is 0 Å². The molecule has 0 aliphatic carbocycles. The topological polar surface area (TPSA) is 67.2 Å². The van der Waals surface area contributed by atoms with Crippen LogP contribution in [0.5, 0.6) is 0 Å². The molecule has 0 radical (unpaired) electrons. The molecule has 1 aromatic carbocycles. The van der Waals surface area contributed by atoms with E-state index in [1.54, 1.807) is 10.9 Å². The van der Waals surface area contributed by atoms with Gasteiger partial charge in [-0.05, 0) is 38.3 Å². The molecule has 22 heavy (non-hydrogen) atoms. The zero-order valence-electron chi connectivity index (χ0n) is 13.3. The maximum atomic E-state index is 12.2. The largest absolute Gasteiger partial charge is 0.393 e. The molecule has 1 amide bonds. The van der Waals surface area contributed by atoms with Gasteiger partial charge in [-0.1, -0.05) is 25.1 Å². The van der Waals surface area contributed by atoms with E-state index in [1.165, 1.54) is 0 Å². The maximum Gasteiger partial charge on any atom is 0.254 e. The van der Waals surface area contributed by atoms with Crippen LogP contribution in [0.15, 0.2) is 30.5 Å². The number of benzene rings is 1. The van der Waals surface area contributed by atoms with Crippen LogP contribution in [0.2, 0.25) is 0 Å². The van der Waals surface area contributed by atoms with Gasteiger partial charge < -0.3 is 10.4 Å². The van der Waals surface area contributed by atoms with Crippen molar-refractivity contribution in [1.29, 1.82) is 0 Å².